The minimum atomic E-state index is 0.357. The maximum atomic E-state index is 3.83. The van der Waals surface area contributed by atoms with Crippen molar-refractivity contribution in [2.75, 3.05) is 13.1 Å². The lowest BCUT2D eigenvalue weighted by molar-refractivity contribution is 0.0867. The van der Waals surface area contributed by atoms with Gasteiger partial charge < -0.3 is 5.32 Å². The molecule has 1 saturated heterocycles. The molecule has 0 aromatic rings. The number of rotatable bonds is 2. The molecule has 2 nitrogen and oxygen atoms in total. The van der Waals surface area contributed by atoms with Crippen LogP contribution in [0.1, 0.15) is 53.4 Å². The summed E-state index contributed by atoms with van der Waals surface area (Å²) in [6, 6.07) is 1.62. The molecule has 0 bridgehead atoms. The first-order valence-corrected chi connectivity index (χ1v) is 6.96. The summed E-state index contributed by atoms with van der Waals surface area (Å²) in [6.45, 7) is 11.9. The quantitative estimate of drug-likeness (QED) is 0.776. The van der Waals surface area contributed by atoms with Crippen LogP contribution >= 0.6 is 0 Å². The van der Waals surface area contributed by atoms with Gasteiger partial charge in [0.1, 0.15) is 0 Å². The molecular weight excluding hydrogens is 196 g/mol. The lowest BCUT2D eigenvalue weighted by atomic mass is 9.81. The summed E-state index contributed by atoms with van der Waals surface area (Å²) in [7, 11) is 0. The molecule has 1 aliphatic heterocycles. The van der Waals surface area contributed by atoms with Gasteiger partial charge in [0.05, 0.1) is 0 Å². The summed E-state index contributed by atoms with van der Waals surface area (Å²) in [6.07, 6.45) is 5.48. The van der Waals surface area contributed by atoms with E-state index in [1.54, 1.807) is 0 Å². The maximum Gasteiger partial charge on any atom is 0.0125 e. The normalized spacial score (nSPS) is 33.8. The molecular formula is C14H28N2. The van der Waals surface area contributed by atoms with Crippen LogP contribution < -0.4 is 5.32 Å². The van der Waals surface area contributed by atoms with E-state index in [9.17, 15) is 0 Å². The van der Waals surface area contributed by atoms with Crippen LogP contribution in [-0.4, -0.2) is 35.6 Å². The molecule has 0 spiro atoms. The van der Waals surface area contributed by atoms with Crippen LogP contribution in [0.4, 0.5) is 0 Å². The van der Waals surface area contributed by atoms with Gasteiger partial charge in [-0.15, -0.1) is 0 Å². The average Bonchev–Trinajstić information content (AvgIpc) is 2.15. The van der Waals surface area contributed by atoms with Gasteiger partial charge >= 0.3 is 0 Å². The zero-order valence-electron chi connectivity index (χ0n) is 11.4. The van der Waals surface area contributed by atoms with Crippen LogP contribution in [-0.2, 0) is 0 Å². The van der Waals surface area contributed by atoms with Gasteiger partial charge in [-0.25, -0.2) is 0 Å². The lowest BCUT2D eigenvalue weighted by Crippen LogP contribution is -2.53. The fourth-order valence-corrected chi connectivity index (χ4v) is 3.09. The second-order valence-corrected chi connectivity index (χ2v) is 6.87. The Morgan fingerprint density at radius 2 is 1.56 bits per heavy atom. The summed E-state index contributed by atoms with van der Waals surface area (Å²) in [5.74, 6) is 0.965. The van der Waals surface area contributed by atoms with Crippen molar-refractivity contribution in [2.24, 2.45) is 5.92 Å². The number of hydrogen-bond donors (Lipinski definition) is 1. The van der Waals surface area contributed by atoms with E-state index in [1.807, 2.05) is 0 Å². The van der Waals surface area contributed by atoms with E-state index in [1.165, 1.54) is 38.8 Å². The van der Waals surface area contributed by atoms with E-state index in [4.69, 9.17) is 0 Å². The van der Waals surface area contributed by atoms with E-state index in [2.05, 4.69) is 37.9 Å². The van der Waals surface area contributed by atoms with Crippen molar-refractivity contribution < 1.29 is 0 Å². The topological polar surface area (TPSA) is 15.3 Å². The Morgan fingerprint density at radius 1 is 1.00 bits per heavy atom. The molecule has 0 aromatic heterocycles. The van der Waals surface area contributed by atoms with Crippen molar-refractivity contribution in [3.63, 3.8) is 0 Å². The molecule has 2 aliphatic rings. The van der Waals surface area contributed by atoms with E-state index in [-0.39, 0.29) is 0 Å². The summed E-state index contributed by atoms with van der Waals surface area (Å²) in [5.41, 5.74) is 0.357. The molecule has 1 N–H and O–H groups in total. The van der Waals surface area contributed by atoms with Crippen molar-refractivity contribution >= 4 is 0 Å². The van der Waals surface area contributed by atoms with Gasteiger partial charge in [0, 0.05) is 30.7 Å². The van der Waals surface area contributed by atoms with Gasteiger partial charge in [-0.3, -0.25) is 4.90 Å². The van der Waals surface area contributed by atoms with E-state index < -0.39 is 0 Å². The Balaban J connectivity index is 1.69. The highest BCUT2D eigenvalue weighted by Crippen LogP contribution is 2.28. The molecule has 0 atom stereocenters. The molecule has 0 aromatic carbocycles. The first kappa shape index (κ1) is 12.4. The maximum absolute atomic E-state index is 3.83. The summed E-state index contributed by atoms with van der Waals surface area (Å²) < 4.78 is 0. The second-order valence-electron chi connectivity index (χ2n) is 6.87. The predicted octanol–water partition coefficient (Wildman–Crippen LogP) is 2.64. The summed E-state index contributed by atoms with van der Waals surface area (Å²) >= 11 is 0. The van der Waals surface area contributed by atoms with Crippen molar-refractivity contribution in [2.45, 2.75) is 71.0 Å². The summed E-state index contributed by atoms with van der Waals surface area (Å²) in [5, 5.41) is 3.83. The van der Waals surface area contributed by atoms with Gasteiger partial charge in [-0.05, 0) is 52.4 Å². The first-order valence-electron chi connectivity index (χ1n) is 6.96. The highest BCUT2D eigenvalue weighted by molar-refractivity contribution is 4.89. The number of hydrogen-bond acceptors (Lipinski definition) is 2. The molecule has 0 unspecified atom stereocenters. The van der Waals surface area contributed by atoms with E-state index >= 15 is 0 Å². The predicted molar refractivity (Wildman–Crippen MR) is 69.7 cm³/mol. The van der Waals surface area contributed by atoms with Crippen molar-refractivity contribution in [1.82, 2.24) is 10.2 Å². The van der Waals surface area contributed by atoms with Crippen molar-refractivity contribution in [3.8, 4) is 0 Å². The van der Waals surface area contributed by atoms with Gasteiger partial charge in [0.2, 0.25) is 0 Å². The SMILES string of the molecule is CC1CC(NC2CCN(C(C)(C)C)CC2)C1. The van der Waals surface area contributed by atoms with Crippen molar-refractivity contribution in [3.05, 3.63) is 0 Å². The monoisotopic (exact) mass is 224 g/mol. The zero-order valence-corrected chi connectivity index (χ0v) is 11.4. The highest BCUT2D eigenvalue weighted by atomic mass is 15.2. The third-order valence-electron chi connectivity index (χ3n) is 4.29. The average molecular weight is 224 g/mol. The molecule has 0 amide bonds. The van der Waals surface area contributed by atoms with Gasteiger partial charge in [0.25, 0.3) is 0 Å². The molecule has 1 heterocycles. The third kappa shape index (κ3) is 2.98. The van der Waals surface area contributed by atoms with Crippen molar-refractivity contribution in [1.29, 1.82) is 0 Å². The number of likely N-dealkylation sites (tertiary alicyclic amines) is 1. The van der Waals surface area contributed by atoms with Crippen LogP contribution in [0.25, 0.3) is 0 Å². The van der Waals surface area contributed by atoms with Gasteiger partial charge in [-0.1, -0.05) is 6.92 Å². The van der Waals surface area contributed by atoms with Crippen LogP contribution in [0, 0.1) is 5.92 Å². The fourth-order valence-electron chi connectivity index (χ4n) is 3.09. The Hall–Kier alpha value is -0.0800. The standard InChI is InChI=1S/C14H28N2/c1-11-9-13(10-11)15-12-5-7-16(8-6-12)14(2,3)4/h11-13,15H,5-10H2,1-4H3. The fraction of sp³-hybridized carbons (Fsp3) is 1.00. The van der Waals surface area contributed by atoms with E-state index in [0.717, 1.165) is 18.0 Å². The smallest absolute Gasteiger partial charge is 0.0125 e. The second kappa shape index (κ2) is 4.66. The minimum absolute atomic E-state index is 0.357. The van der Waals surface area contributed by atoms with Gasteiger partial charge in [-0.2, -0.15) is 0 Å². The molecule has 2 heteroatoms. The largest absolute Gasteiger partial charge is 0.311 e. The lowest BCUT2D eigenvalue weighted by Gasteiger charge is -2.43. The molecule has 16 heavy (non-hydrogen) atoms. The van der Waals surface area contributed by atoms with E-state index in [0.29, 0.717) is 5.54 Å². The molecule has 2 rings (SSSR count). The zero-order chi connectivity index (χ0) is 11.8. The van der Waals surface area contributed by atoms with Crippen LogP contribution in [0.2, 0.25) is 0 Å². The Kier molecular flexibility index (Phi) is 3.60. The molecule has 0 radical (unpaired) electrons. The molecule has 1 saturated carbocycles. The van der Waals surface area contributed by atoms with Crippen LogP contribution in [0.3, 0.4) is 0 Å². The van der Waals surface area contributed by atoms with Crippen LogP contribution in [0.5, 0.6) is 0 Å². The number of piperidine rings is 1. The Bertz CT molecular complexity index is 217. The molecule has 1 aliphatic carbocycles. The molecule has 94 valence electrons. The number of nitrogens with one attached hydrogen (secondary N) is 1. The Morgan fingerprint density at radius 3 is 2.00 bits per heavy atom. The summed E-state index contributed by atoms with van der Waals surface area (Å²) in [4.78, 5) is 2.62. The number of nitrogens with zero attached hydrogens (tertiary/aromatic N) is 1. The van der Waals surface area contributed by atoms with Crippen LogP contribution in [0.15, 0.2) is 0 Å². The minimum Gasteiger partial charge on any atom is -0.311 e. The van der Waals surface area contributed by atoms with Gasteiger partial charge in [0.15, 0.2) is 0 Å². The highest BCUT2D eigenvalue weighted by Gasteiger charge is 2.31. The molecule has 2 fully saturated rings. The first-order chi connectivity index (χ1) is 7.45. The third-order valence-corrected chi connectivity index (χ3v) is 4.29. The Labute approximate surface area is 101 Å².